The van der Waals surface area contributed by atoms with E-state index in [1.54, 1.807) is 42.5 Å². The van der Waals surface area contributed by atoms with Crippen LogP contribution >= 0.6 is 0 Å². The molecular formula is C14H13NO3. The maximum Gasteiger partial charge on any atom is 0.276 e. The van der Waals surface area contributed by atoms with Gasteiger partial charge in [0.15, 0.2) is 0 Å². The van der Waals surface area contributed by atoms with Gasteiger partial charge in [0.2, 0.25) is 0 Å². The fraction of sp³-hybridized carbons (Fsp3) is 0. The van der Waals surface area contributed by atoms with Gasteiger partial charge in [0, 0.05) is 6.07 Å². The fourth-order valence-electron chi connectivity index (χ4n) is 1.25. The van der Waals surface area contributed by atoms with Crippen LogP contribution in [0.5, 0.6) is 5.75 Å². The molecule has 0 heterocycles. The lowest BCUT2D eigenvalue weighted by atomic mass is 10.2. The van der Waals surface area contributed by atoms with Gasteiger partial charge in [-0.3, -0.25) is 10.1 Å². The van der Waals surface area contributed by atoms with Crippen LogP contribution in [-0.2, 0) is 0 Å². The molecule has 2 aromatic carbocycles. The van der Waals surface area contributed by atoms with Crippen LogP contribution in [0.1, 0.15) is 5.56 Å². The van der Waals surface area contributed by atoms with E-state index in [1.165, 1.54) is 12.1 Å². The monoisotopic (exact) mass is 243 g/mol. The van der Waals surface area contributed by atoms with Crippen molar-refractivity contribution in [2.24, 2.45) is 0 Å². The first-order valence-electron chi connectivity index (χ1n) is 5.25. The zero-order valence-electron chi connectivity index (χ0n) is 9.69. The van der Waals surface area contributed by atoms with Crippen molar-refractivity contribution in [3.63, 3.8) is 0 Å². The van der Waals surface area contributed by atoms with Gasteiger partial charge in [-0.15, -0.1) is 0 Å². The summed E-state index contributed by atoms with van der Waals surface area (Å²) in [5.41, 5.74) is 0.653. The molecule has 0 amide bonds. The Hall–Kier alpha value is -2.62. The number of para-hydroxylation sites is 2. The van der Waals surface area contributed by atoms with Crippen LogP contribution in [-0.4, -0.2) is 10.0 Å². The molecule has 0 fully saturated rings. The van der Waals surface area contributed by atoms with Crippen molar-refractivity contribution in [3.05, 3.63) is 76.9 Å². The van der Waals surface area contributed by atoms with E-state index in [-0.39, 0.29) is 5.69 Å². The van der Waals surface area contributed by atoms with Crippen molar-refractivity contribution in [2.45, 2.75) is 0 Å². The van der Waals surface area contributed by atoms with E-state index in [1.807, 2.05) is 6.07 Å². The van der Waals surface area contributed by atoms with Crippen molar-refractivity contribution in [1.82, 2.24) is 0 Å². The standard InChI is InChI=1S/C8H7NO2.C6H6O/c1-2-7-5-3-4-6-8(7)9(10)11;7-6-4-2-1-3-5-6/h2-6H,1H2;1-5,7H. The summed E-state index contributed by atoms with van der Waals surface area (Å²) < 4.78 is 0. The zero-order valence-corrected chi connectivity index (χ0v) is 9.69. The van der Waals surface area contributed by atoms with E-state index < -0.39 is 4.92 Å². The highest BCUT2D eigenvalue weighted by molar-refractivity contribution is 5.58. The summed E-state index contributed by atoms with van der Waals surface area (Å²) in [6, 6.07) is 15.2. The third-order valence-electron chi connectivity index (χ3n) is 2.11. The first-order valence-corrected chi connectivity index (χ1v) is 5.25. The average molecular weight is 243 g/mol. The van der Waals surface area contributed by atoms with Crippen molar-refractivity contribution < 1.29 is 10.0 Å². The summed E-state index contributed by atoms with van der Waals surface area (Å²) in [6.45, 7) is 3.47. The third-order valence-corrected chi connectivity index (χ3v) is 2.11. The minimum atomic E-state index is -0.420. The second-order valence-corrected chi connectivity index (χ2v) is 3.36. The molecule has 2 rings (SSSR count). The first-order chi connectivity index (χ1) is 8.65. The number of nitro benzene ring substituents is 1. The fourth-order valence-corrected chi connectivity index (χ4v) is 1.25. The van der Waals surface area contributed by atoms with E-state index in [4.69, 9.17) is 5.11 Å². The van der Waals surface area contributed by atoms with Crippen LogP contribution in [0.3, 0.4) is 0 Å². The molecule has 1 N–H and O–H groups in total. The lowest BCUT2D eigenvalue weighted by molar-refractivity contribution is -0.385. The first kappa shape index (κ1) is 13.4. The molecule has 0 aliphatic carbocycles. The topological polar surface area (TPSA) is 63.4 Å². The molecule has 2 aromatic rings. The van der Waals surface area contributed by atoms with Gasteiger partial charge >= 0.3 is 0 Å². The summed E-state index contributed by atoms with van der Waals surface area (Å²) >= 11 is 0. The van der Waals surface area contributed by atoms with Gasteiger partial charge in [0.25, 0.3) is 5.69 Å². The van der Waals surface area contributed by atoms with Crippen molar-refractivity contribution in [3.8, 4) is 5.75 Å². The SMILES string of the molecule is C=Cc1ccccc1[N+](=O)[O-].Oc1ccccc1. The number of aromatic hydroxyl groups is 1. The van der Waals surface area contributed by atoms with Gasteiger partial charge in [-0.25, -0.2) is 0 Å². The van der Waals surface area contributed by atoms with E-state index in [2.05, 4.69) is 6.58 Å². The van der Waals surface area contributed by atoms with Gasteiger partial charge in [0.1, 0.15) is 5.75 Å². The van der Waals surface area contributed by atoms with Gasteiger partial charge in [-0.05, 0) is 18.2 Å². The molecule has 4 heteroatoms. The van der Waals surface area contributed by atoms with Crippen LogP contribution < -0.4 is 0 Å². The number of nitrogens with zero attached hydrogens (tertiary/aromatic N) is 1. The molecule has 0 saturated carbocycles. The predicted octanol–water partition coefficient (Wildman–Crippen LogP) is 3.63. The number of phenols is 1. The Balaban J connectivity index is 0.000000199. The normalized spacial score (nSPS) is 8.89. The van der Waals surface area contributed by atoms with Gasteiger partial charge in [-0.1, -0.05) is 43.0 Å². The summed E-state index contributed by atoms with van der Waals surface area (Å²) in [7, 11) is 0. The largest absolute Gasteiger partial charge is 0.508 e. The Kier molecular flexibility index (Phi) is 5.12. The number of hydrogen-bond donors (Lipinski definition) is 1. The lowest BCUT2D eigenvalue weighted by Gasteiger charge is -1.93. The average Bonchev–Trinajstić information content (AvgIpc) is 2.40. The van der Waals surface area contributed by atoms with Crippen LogP contribution in [0.4, 0.5) is 5.69 Å². The quantitative estimate of drug-likeness (QED) is 0.647. The Labute approximate surface area is 105 Å². The number of hydrogen-bond acceptors (Lipinski definition) is 3. The van der Waals surface area contributed by atoms with Crippen molar-refractivity contribution in [1.29, 1.82) is 0 Å². The summed E-state index contributed by atoms with van der Waals surface area (Å²) in [5, 5.41) is 19.0. The molecule has 0 saturated heterocycles. The van der Waals surface area contributed by atoms with Gasteiger partial charge in [0.05, 0.1) is 10.5 Å². The van der Waals surface area contributed by atoms with Crippen molar-refractivity contribution in [2.75, 3.05) is 0 Å². The molecule has 0 atom stereocenters. The molecule has 0 aliphatic heterocycles. The van der Waals surface area contributed by atoms with Crippen LogP contribution in [0, 0.1) is 10.1 Å². The maximum absolute atomic E-state index is 10.3. The second-order valence-electron chi connectivity index (χ2n) is 3.36. The highest BCUT2D eigenvalue weighted by Crippen LogP contribution is 2.17. The molecular weight excluding hydrogens is 230 g/mol. The smallest absolute Gasteiger partial charge is 0.276 e. The van der Waals surface area contributed by atoms with E-state index >= 15 is 0 Å². The second kappa shape index (κ2) is 6.85. The zero-order chi connectivity index (χ0) is 13.4. The molecule has 0 aliphatic rings. The molecule has 0 unspecified atom stereocenters. The molecule has 0 spiro atoms. The molecule has 0 bridgehead atoms. The number of phenolic OH excluding ortho intramolecular Hbond substituents is 1. The van der Waals surface area contributed by atoms with Crippen LogP contribution in [0.2, 0.25) is 0 Å². The Morgan fingerprint density at radius 2 is 1.61 bits per heavy atom. The van der Waals surface area contributed by atoms with E-state index in [0.29, 0.717) is 11.3 Å². The lowest BCUT2D eigenvalue weighted by Crippen LogP contribution is -1.89. The molecule has 4 nitrogen and oxygen atoms in total. The predicted molar refractivity (Wildman–Crippen MR) is 71.3 cm³/mol. The summed E-state index contributed by atoms with van der Waals surface area (Å²) in [6.07, 6.45) is 1.47. The summed E-state index contributed by atoms with van der Waals surface area (Å²) in [5.74, 6) is 0.322. The number of rotatable bonds is 2. The minimum Gasteiger partial charge on any atom is -0.508 e. The van der Waals surface area contributed by atoms with E-state index in [9.17, 15) is 10.1 Å². The van der Waals surface area contributed by atoms with Crippen LogP contribution in [0.15, 0.2) is 61.2 Å². The Bertz CT molecular complexity index is 524. The minimum absolute atomic E-state index is 0.0995. The number of benzene rings is 2. The molecule has 92 valence electrons. The Morgan fingerprint density at radius 1 is 1.06 bits per heavy atom. The highest BCUT2D eigenvalue weighted by atomic mass is 16.6. The van der Waals surface area contributed by atoms with Gasteiger partial charge in [-0.2, -0.15) is 0 Å². The third kappa shape index (κ3) is 4.09. The molecule has 0 aromatic heterocycles. The van der Waals surface area contributed by atoms with Gasteiger partial charge < -0.3 is 5.11 Å². The maximum atomic E-state index is 10.3. The molecule has 0 radical (unpaired) electrons. The highest BCUT2D eigenvalue weighted by Gasteiger charge is 2.07. The number of nitro groups is 1. The summed E-state index contributed by atoms with van der Waals surface area (Å²) in [4.78, 5) is 9.92. The Morgan fingerprint density at radius 3 is 2.00 bits per heavy atom. The van der Waals surface area contributed by atoms with Crippen molar-refractivity contribution >= 4 is 11.8 Å². The van der Waals surface area contributed by atoms with E-state index in [0.717, 1.165) is 0 Å². The molecule has 18 heavy (non-hydrogen) atoms. The van der Waals surface area contributed by atoms with Crippen LogP contribution in [0.25, 0.3) is 6.08 Å².